The first-order chi connectivity index (χ1) is 5.70. The fourth-order valence-corrected chi connectivity index (χ4v) is 0.606. The van der Waals surface area contributed by atoms with Crippen molar-refractivity contribution in [1.29, 1.82) is 0 Å². The second-order valence-corrected chi connectivity index (χ2v) is 2.24. The van der Waals surface area contributed by atoms with Crippen LogP contribution in [0.3, 0.4) is 0 Å². The second-order valence-electron chi connectivity index (χ2n) is 2.24. The molecule has 64 valence electrons. The molecular weight excluding hydrogens is 160 g/mol. The molecule has 1 rings (SSSR count). The summed E-state index contributed by atoms with van der Waals surface area (Å²) in [5.74, 6) is -0.509. The lowest BCUT2D eigenvalue weighted by atomic mass is 10.4. The molecule has 0 saturated carbocycles. The number of hydrogen-bond acceptors (Lipinski definition) is 4. The first-order valence-corrected chi connectivity index (χ1v) is 3.33. The number of nitrogens with one attached hydrogen (secondary N) is 2. The quantitative estimate of drug-likeness (QED) is 0.613. The Kier molecular flexibility index (Phi) is 2.52. The minimum Gasteiger partial charge on any atom is -0.344 e. The van der Waals surface area contributed by atoms with Crippen molar-refractivity contribution < 1.29 is 9.59 Å². The third-order valence-corrected chi connectivity index (χ3v) is 1.15. The number of hydrogen-bond donors (Lipinski definition) is 2. The zero-order valence-electron chi connectivity index (χ0n) is 6.50. The van der Waals surface area contributed by atoms with E-state index < -0.39 is 5.91 Å². The lowest BCUT2D eigenvalue weighted by Crippen LogP contribution is -2.28. The van der Waals surface area contributed by atoms with Crippen LogP contribution in [-0.2, 0) is 4.79 Å². The first-order valence-electron chi connectivity index (χ1n) is 3.33. The van der Waals surface area contributed by atoms with Gasteiger partial charge in [-0.1, -0.05) is 0 Å². The van der Waals surface area contributed by atoms with Crippen LogP contribution in [0.25, 0.3) is 0 Å². The molecule has 12 heavy (non-hydrogen) atoms. The average molecular weight is 168 g/mol. The number of aromatic amines is 1. The first kappa shape index (κ1) is 8.38. The van der Waals surface area contributed by atoms with Gasteiger partial charge in [0.15, 0.2) is 5.69 Å². The van der Waals surface area contributed by atoms with Crippen LogP contribution in [0, 0.1) is 0 Å². The van der Waals surface area contributed by atoms with E-state index in [2.05, 4.69) is 20.7 Å². The van der Waals surface area contributed by atoms with Crippen LogP contribution in [0.15, 0.2) is 6.20 Å². The maximum absolute atomic E-state index is 11.0. The molecule has 1 aromatic heterocycles. The van der Waals surface area contributed by atoms with Crippen molar-refractivity contribution in [2.24, 2.45) is 0 Å². The molecule has 0 atom stereocenters. The molecule has 6 heteroatoms. The molecular formula is C6H8N4O2. The Balaban J connectivity index is 2.45. The van der Waals surface area contributed by atoms with E-state index in [0.29, 0.717) is 0 Å². The van der Waals surface area contributed by atoms with Crippen molar-refractivity contribution in [2.45, 2.75) is 6.92 Å². The SMILES string of the molecule is CC(=O)CNC(=O)c1cn[nH]n1. The molecule has 0 aliphatic rings. The van der Waals surface area contributed by atoms with Gasteiger partial charge in [-0.3, -0.25) is 9.59 Å². The topological polar surface area (TPSA) is 87.7 Å². The Morgan fingerprint density at radius 3 is 2.92 bits per heavy atom. The highest BCUT2D eigenvalue weighted by Crippen LogP contribution is 1.86. The molecule has 0 saturated heterocycles. The standard InChI is InChI=1S/C6H8N4O2/c1-4(11)2-7-6(12)5-3-8-10-9-5/h3H,2H2,1H3,(H,7,12)(H,8,9,10). The van der Waals surface area contributed by atoms with Gasteiger partial charge in [0.1, 0.15) is 5.78 Å². The van der Waals surface area contributed by atoms with Crippen LogP contribution in [0.1, 0.15) is 17.4 Å². The summed E-state index contributed by atoms with van der Waals surface area (Å²) in [4.78, 5) is 21.5. The highest BCUT2D eigenvalue weighted by Gasteiger charge is 2.07. The monoisotopic (exact) mass is 168 g/mol. The zero-order chi connectivity index (χ0) is 8.97. The van der Waals surface area contributed by atoms with Crippen molar-refractivity contribution in [2.75, 3.05) is 6.54 Å². The highest BCUT2D eigenvalue weighted by molar-refractivity contribution is 5.94. The van der Waals surface area contributed by atoms with E-state index in [4.69, 9.17) is 0 Å². The van der Waals surface area contributed by atoms with Crippen LogP contribution in [-0.4, -0.2) is 33.6 Å². The van der Waals surface area contributed by atoms with Crippen LogP contribution in [0.4, 0.5) is 0 Å². The number of H-pyrrole nitrogens is 1. The van der Waals surface area contributed by atoms with Crippen LogP contribution >= 0.6 is 0 Å². The van der Waals surface area contributed by atoms with Gasteiger partial charge < -0.3 is 5.32 Å². The predicted molar refractivity (Wildman–Crippen MR) is 39.4 cm³/mol. The van der Waals surface area contributed by atoms with Crippen LogP contribution in [0.5, 0.6) is 0 Å². The second kappa shape index (κ2) is 3.61. The molecule has 0 bridgehead atoms. The molecule has 0 aliphatic heterocycles. The predicted octanol–water partition coefficient (Wildman–Crippen LogP) is -0.877. The van der Waals surface area contributed by atoms with Crippen LogP contribution in [0.2, 0.25) is 0 Å². The van der Waals surface area contributed by atoms with E-state index in [1.54, 1.807) is 0 Å². The van der Waals surface area contributed by atoms with E-state index in [9.17, 15) is 9.59 Å². The van der Waals surface area contributed by atoms with Gasteiger partial charge in [0.05, 0.1) is 12.7 Å². The molecule has 0 aliphatic carbocycles. The fraction of sp³-hybridized carbons (Fsp3) is 0.333. The summed E-state index contributed by atoms with van der Waals surface area (Å²) in [6, 6.07) is 0. The van der Waals surface area contributed by atoms with Gasteiger partial charge in [-0.05, 0) is 6.92 Å². The molecule has 0 spiro atoms. The van der Waals surface area contributed by atoms with E-state index in [1.165, 1.54) is 13.1 Å². The van der Waals surface area contributed by atoms with E-state index in [1.807, 2.05) is 0 Å². The summed E-state index contributed by atoms with van der Waals surface area (Å²) >= 11 is 0. The molecule has 1 amide bonds. The third-order valence-electron chi connectivity index (χ3n) is 1.15. The number of Topliss-reactive ketones (excluding diaryl/α,β-unsaturated/α-hetero) is 1. The molecule has 2 N–H and O–H groups in total. The van der Waals surface area contributed by atoms with Gasteiger partial charge in [-0.25, -0.2) is 0 Å². The van der Waals surface area contributed by atoms with Gasteiger partial charge in [-0.15, -0.1) is 0 Å². The third kappa shape index (κ3) is 2.15. The maximum Gasteiger partial charge on any atom is 0.273 e. The lowest BCUT2D eigenvalue weighted by Gasteiger charge is -1.96. The summed E-state index contributed by atoms with van der Waals surface area (Å²) in [6.07, 6.45) is 1.29. The average Bonchev–Trinajstić information content (AvgIpc) is 2.51. The number of amides is 1. The Bertz CT molecular complexity index is 280. The van der Waals surface area contributed by atoms with Crippen molar-refractivity contribution in [3.8, 4) is 0 Å². The summed E-state index contributed by atoms with van der Waals surface area (Å²) in [5.41, 5.74) is 0.177. The van der Waals surface area contributed by atoms with Crippen molar-refractivity contribution in [1.82, 2.24) is 20.7 Å². The molecule has 6 nitrogen and oxygen atoms in total. The number of nitrogens with zero attached hydrogens (tertiary/aromatic N) is 2. The van der Waals surface area contributed by atoms with E-state index >= 15 is 0 Å². The Hall–Kier alpha value is -1.72. The Morgan fingerprint density at radius 1 is 1.67 bits per heavy atom. The highest BCUT2D eigenvalue weighted by atomic mass is 16.2. The number of carbonyl (C=O) groups is 2. The normalized spacial score (nSPS) is 9.42. The van der Waals surface area contributed by atoms with Gasteiger partial charge in [-0.2, -0.15) is 15.4 Å². The van der Waals surface area contributed by atoms with Gasteiger partial charge >= 0.3 is 0 Å². The minimum atomic E-state index is -0.404. The summed E-state index contributed by atoms with van der Waals surface area (Å²) in [5, 5.41) is 11.6. The number of aromatic nitrogens is 3. The molecule has 0 unspecified atom stereocenters. The van der Waals surface area contributed by atoms with E-state index in [0.717, 1.165) is 0 Å². The number of rotatable bonds is 3. The van der Waals surface area contributed by atoms with Gasteiger partial charge in [0.25, 0.3) is 5.91 Å². The van der Waals surface area contributed by atoms with Gasteiger partial charge in [0.2, 0.25) is 0 Å². The number of carbonyl (C=O) groups excluding carboxylic acids is 2. The minimum absolute atomic E-state index is 0.0195. The van der Waals surface area contributed by atoms with E-state index in [-0.39, 0.29) is 18.0 Å². The molecule has 1 heterocycles. The largest absolute Gasteiger partial charge is 0.344 e. The maximum atomic E-state index is 11.0. The van der Waals surface area contributed by atoms with Gasteiger partial charge in [0, 0.05) is 0 Å². The van der Waals surface area contributed by atoms with Crippen molar-refractivity contribution in [3.63, 3.8) is 0 Å². The summed E-state index contributed by atoms with van der Waals surface area (Å²) in [7, 11) is 0. The summed E-state index contributed by atoms with van der Waals surface area (Å²) in [6.45, 7) is 1.41. The molecule has 1 aromatic rings. The molecule has 0 aromatic carbocycles. The van der Waals surface area contributed by atoms with Crippen molar-refractivity contribution in [3.05, 3.63) is 11.9 Å². The van der Waals surface area contributed by atoms with Crippen LogP contribution < -0.4 is 5.32 Å². The Labute approximate surface area is 68.3 Å². The molecule has 0 fully saturated rings. The summed E-state index contributed by atoms with van der Waals surface area (Å²) < 4.78 is 0. The lowest BCUT2D eigenvalue weighted by molar-refractivity contribution is -0.116. The number of ketones is 1. The zero-order valence-corrected chi connectivity index (χ0v) is 6.50. The molecule has 0 radical (unpaired) electrons. The smallest absolute Gasteiger partial charge is 0.273 e. The Morgan fingerprint density at radius 2 is 2.42 bits per heavy atom. The fourth-order valence-electron chi connectivity index (χ4n) is 0.606. The van der Waals surface area contributed by atoms with Crippen molar-refractivity contribution >= 4 is 11.7 Å².